The van der Waals surface area contributed by atoms with Gasteiger partial charge in [-0.1, -0.05) is 13.8 Å². The molecule has 1 aliphatic carbocycles. The maximum Gasteiger partial charge on any atom is 0.241 e. The van der Waals surface area contributed by atoms with E-state index in [1.165, 1.54) is 0 Å². The number of anilines is 1. The zero-order chi connectivity index (χ0) is 16.0. The van der Waals surface area contributed by atoms with Gasteiger partial charge >= 0.3 is 0 Å². The highest BCUT2D eigenvalue weighted by atomic mass is 32.2. The molecular formula is C16H26N2O2S. The number of sulfonamides is 1. The molecule has 0 aromatic heterocycles. The lowest BCUT2D eigenvalue weighted by atomic mass is 9.93. The van der Waals surface area contributed by atoms with Gasteiger partial charge in [-0.25, -0.2) is 13.1 Å². The van der Waals surface area contributed by atoms with Crippen LogP contribution in [0.4, 0.5) is 5.69 Å². The summed E-state index contributed by atoms with van der Waals surface area (Å²) in [7, 11) is -3.52. The van der Waals surface area contributed by atoms with Crippen LogP contribution in [-0.4, -0.2) is 15.0 Å². The van der Waals surface area contributed by atoms with Gasteiger partial charge in [0, 0.05) is 12.2 Å². The van der Waals surface area contributed by atoms with Crippen LogP contribution < -0.4 is 10.5 Å². The first-order valence-corrected chi connectivity index (χ1v) is 8.95. The lowest BCUT2D eigenvalue weighted by molar-refractivity contribution is 0.357. The minimum Gasteiger partial charge on any atom is -0.398 e. The summed E-state index contributed by atoms with van der Waals surface area (Å²) in [6, 6.07) is 1.83. The van der Waals surface area contributed by atoms with Crippen LogP contribution in [0.1, 0.15) is 43.4 Å². The molecule has 0 aliphatic heterocycles. The standard InChI is InChI=1S/C16H26N2O2S/c1-10(2)16(6-7-16)9-18-21(19,20)15-12(4)11(3)8-14(17)13(15)5/h8,10,18H,6-7,9,17H2,1-5H3. The van der Waals surface area contributed by atoms with Crippen molar-refractivity contribution in [1.82, 2.24) is 4.72 Å². The Morgan fingerprint density at radius 3 is 2.29 bits per heavy atom. The van der Waals surface area contributed by atoms with Gasteiger partial charge in [-0.2, -0.15) is 0 Å². The molecule has 1 aromatic carbocycles. The van der Waals surface area contributed by atoms with E-state index in [-0.39, 0.29) is 5.41 Å². The topological polar surface area (TPSA) is 72.2 Å². The van der Waals surface area contributed by atoms with Crippen LogP contribution in [-0.2, 0) is 10.0 Å². The van der Waals surface area contributed by atoms with Crippen LogP contribution in [0, 0.1) is 32.1 Å². The first-order chi connectivity index (χ1) is 9.61. The average Bonchev–Trinajstić information content (AvgIpc) is 3.15. The Labute approximate surface area is 128 Å². The molecule has 0 radical (unpaired) electrons. The molecule has 0 bridgehead atoms. The van der Waals surface area contributed by atoms with Gasteiger partial charge in [0.15, 0.2) is 0 Å². The Morgan fingerprint density at radius 1 is 1.24 bits per heavy atom. The van der Waals surface area contributed by atoms with Crippen LogP contribution >= 0.6 is 0 Å². The third-order valence-electron chi connectivity index (χ3n) is 5.08. The molecule has 0 unspecified atom stereocenters. The largest absolute Gasteiger partial charge is 0.398 e. The van der Waals surface area contributed by atoms with Crippen LogP contribution in [0.5, 0.6) is 0 Å². The molecule has 1 fully saturated rings. The summed E-state index contributed by atoms with van der Waals surface area (Å²) in [5.41, 5.74) is 8.94. The van der Waals surface area contributed by atoms with Gasteiger partial charge in [0.05, 0.1) is 4.90 Å². The zero-order valence-corrected chi connectivity index (χ0v) is 14.4. The van der Waals surface area contributed by atoms with Gasteiger partial charge in [0.1, 0.15) is 0 Å². The Hall–Kier alpha value is -1.07. The Morgan fingerprint density at radius 2 is 1.81 bits per heavy atom. The molecule has 4 nitrogen and oxygen atoms in total. The molecule has 0 heterocycles. The summed E-state index contributed by atoms with van der Waals surface area (Å²) in [6.45, 7) is 10.3. The Bertz CT molecular complexity index is 633. The van der Waals surface area contributed by atoms with Gasteiger partial charge in [-0.05, 0) is 67.7 Å². The van der Waals surface area contributed by atoms with Crippen molar-refractivity contribution in [3.63, 3.8) is 0 Å². The number of nitrogens with one attached hydrogen (secondary N) is 1. The number of aryl methyl sites for hydroxylation is 1. The number of hydrogen-bond donors (Lipinski definition) is 2. The van der Waals surface area contributed by atoms with E-state index < -0.39 is 10.0 Å². The first kappa shape index (κ1) is 16.3. The maximum atomic E-state index is 12.7. The van der Waals surface area contributed by atoms with E-state index in [1.54, 1.807) is 6.92 Å². The summed E-state index contributed by atoms with van der Waals surface area (Å²) in [5, 5.41) is 0. The second kappa shape index (κ2) is 5.29. The van der Waals surface area contributed by atoms with E-state index in [0.29, 0.717) is 28.6 Å². The molecular weight excluding hydrogens is 284 g/mol. The first-order valence-electron chi connectivity index (χ1n) is 7.47. The molecule has 1 aliphatic rings. The number of nitrogens with two attached hydrogens (primary N) is 1. The van der Waals surface area contributed by atoms with Crippen molar-refractivity contribution in [2.75, 3.05) is 12.3 Å². The molecule has 118 valence electrons. The third kappa shape index (κ3) is 2.94. The molecule has 0 saturated heterocycles. The van der Waals surface area contributed by atoms with E-state index in [2.05, 4.69) is 18.6 Å². The van der Waals surface area contributed by atoms with Crippen LogP contribution in [0.2, 0.25) is 0 Å². The highest BCUT2D eigenvalue weighted by Gasteiger charge is 2.45. The predicted octanol–water partition coefficient (Wildman–Crippen LogP) is 2.91. The van der Waals surface area contributed by atoms with Gasteiger partial charge in [0.2, 0.25) is 10.0 Å². The van der Waals surface area contributed by atoms with Gasteiger partial charge in [0.25, 0.3) is 0 Å². The van der Waals surface area contributed by atoms with E-state index >= 15 is 0 Å². The number of rotatable bonds is 5. The minimum absolute atomic E-state index is 0.143. The molecule has 0 amide bonds. The van der Waals surface area contributed by atoms with E-state index in [0.717, 1.165) is 24.0 Å². The Kier molecular flexibility index (Phi) is 4.10. The highest BCUT2D eigenvalue weighted by molar-refractivity contribution is 7.89. The van der Waals surface area contributed by atoms with Crippen molar-refractivity contribution < 1.29 is 8.42 Å². The molecule has 21 heavy (non-hydrogen) atoms. The molecule has 2 rings (SSSR count). The van der Waals surface area contributed by atoms with E-state index in [1.807, 2.05) is 19.9 Å². The predicted molar refractivity (Wildman–Crippen MR) is 86.8 cm³/mol. The third-order valence-corrected chi connectivity index (χ3v) is 6.75. The van der Waals surface area contributed by atoms with Crippen LogP contribution in [0.25, 0.3) is 0 Å². The molecule has 1 saturated carbocycles. The summed E-state index contributed by atoms with van der Waals surface area (Å²) >= 11 is 0. The SMILES string of the molecule is Cc1cc(N)c(C)c(S(=O)(=O)NCC2(C(C)C)CC2)c1C. The zero-order valence-electron chi connectivity index (χ0n) is 13.6. The second-order valence-corrected chi connectivity index (χ2v) is 8.41. The average molecular weight is 310 g/mol. The smallest absolute Gasteiger partial charge is 0.241 e. The van der Waals surface area contributed by atoms with Crippen molar-refractivity contribution in [3.8, 4) is 0 Å². The molecule has 0 atom stereocenters. The molecule has 5 heteroatoms. The fraction of sp³-hybridized carbons (Fsp3) is 0.625. The second-order valence-electron chi connectivity index (χ2n) is 6.70. The van der Waals surface area contributed by atoms with Crippen molar-refractivity contribution in [3.05, 3.63) is 22.8 Å². The number of benzene rings is 1. The van der Waals surface area contributed by atoms with Crippen molar-refractivity contribution in [2.45, 2.75) is 52.4 Å². The highest BCUT2D eigenvalue weighted by Crippen LogP contribution is 2.51. The number of nitrogen functional groups attached to an aromatic ring is 1. The summed E-state index contributed by atoms with van der Waals surface area (Å²) in [4.78, 5) is 0.347. The van der Waals surface area contributed by atoms with Crippen molar-refractivity contribution in [1.29, 1.82) is 0 Å². The van der Waals surface area contributed by atoms with Gasteiger partial charge in [-0.3, -0.25) is 0 Å². The summed E-state index contributed by atoms with van der Waals surface area (Å²) in [5.74, 6) is 0.491. The Balaban J connectivity index is 2.33. The van der Waals surface area contributed by atoms with E-state index in [4.69, 9.17) is 5.73 Å². The van der Waals surface area contributed by atoms with E-state index in [9.17, 15) is 8.42 Å². The quantitative estimate of drug-likeness (QED) is 0.821. The molecule has 1 aromatic rings. The summed E-state index contributed by atoms with van der Waals surface area (Å²) < 4.78 is 28.2. The lowest BCUT2D eigenvalue weighted by Crippen LogP contribution is -2.33. The summed E-state index contributed by atoms with van der Waals surface area (Å²) in [6.07, 6.45) is 2.20. The normalized spacial score (nSPS) is 17.2. The molecule has 3 N–H and O–H groups in total. The fourth-order valence-corrected chi connectivity index (χ4v) is 4.58. The maximum absolute atomic E-state index is 12.7. The molecule has 0 spiro atoms. The monoisotopic (exact) mass is 310 g/mol. The van der Waals surface area contributed by atoms with Gasteiger partial charge in [-0.15, -0.1) is 0 Å². The van der Waals surface area contributed by atoms with Crippen LogP contribution in [0.15, 0.2) is 11.0 Å². The minimum atomic E-state index is -3.52. The van der Waals surface area contributed by atoms with Crippen molar-refractivity contribution in [2.24, 2.45) is 11.3 Å². The fourth-order valence-electron chi connectivity index (χ4n) is 2.87. The number of hydrogen-bond acceptors (Lipinski definition) is 3. The van der Waals surface area contributed by atoms with Crippen LogP contribution in [0.3, 0.4) is 0 Å². The van der Waals surface area contributed by atoms with Gasteiger partial charge < -0.3 is 5.73 Å². The van der Waals surface area contributed by atoms with Crippen molar-refractivity contribution >= 4 is 15.7 Å². The lowest BCUT2D eigenvalue weighted by Gasteiger charge is -2.21.